The quantitative estimate of drug-likeness (QED) is 0.653. The molecular formula is C13H25N. The first-order valence-corrected chi connectivity index (χ1v) is 6.50. The maximum atomic E-state index is 2.65. The van der Waals surface area contributed by atoms with Crippen molar-refractivity contribution in [2.75, 3.05) is 19.6 Å². The summed E-state index contributed by atoms with van der Waals surface area (Å²) in [5, 5.41) is 0. The molecule has 0 aromatic heterocycles. The molecule has 82 valence electrons. The van der Waals surface area contributed by atoms with Gasteiger partial charge in [0.05, 0.1) is 0 Å². The van der Waals surface area contributed by atoms with Crippen LogP contribution in [-0.2, 0) is 0 Å². The third-order valence-corrected chi connectivity index (χ3v) is 4.71. The van der Waals surface area contributed by atoms with Crippen molar-refractivity contribution in [1.82, 2.24) is 4.90 Å². The lowest BCUT2D eigenvalue weighted by Crippen LogP contribution is -2.31. The van der Waals surface area contributed by atoms with Gasteiger partial charge < -0.3 is 4.90 Å². The van der Waals surface area contributed by atoms with Gasteiger partial charge in [0.1, 0.15) is 0 Å². The Hall–Kier alpha value is -0.0400. The second-order valence-electron chi connectivity index (χ2n) is 5.47. The van der Waals surface area contributed by atoms with Gasteiger partial charge in [0.15, 0.2) is 0 Å². The molecule has 0 aromatic rings. The van der Waals surface area contributed by atoms with E-state index in [2.05, 4.69) is 18.7 Å². The summed E-state index contributed by atoms with van der Waals surface area (Å²) in [5.41, 5.74) is 0.752. The van der Waals surface area contributed by atoms with Gasteiger partial charge in [-0.05, 0) is 56.5 Å². The van der Waals surface area contributed by atoms with E-state index in [1.807, 2.05) is 0 Å². The topological polar surface area (TPSA) is 3.24 Å². The Bertz CT molecular complexity index is 180. The van der Waals surface area contributed by atoms with E-state index in [0.29, 0.717) is 0 Å². The molecule has 1 spiro atoms. The molecule has 0 N–H and O–H groups in total. The molecule has 1 heteroatoms. The van der Waals surface area contributed by atoms with E-state index in [0.717, 1.165) is 11.3 Å². The Labute approximate surface area is 88.9 Å². The molecule has 0 bridgehead atoms. The highest BCUT2D eigenvalue weighted by Crippen LogP contribution is 2.45. The maximum Gasteiger partial charge on any atom is 0.00383 e. The van der Waals surface area contributed by atoms with Crippen molar-refractivity contribution in [2.45, 2.75) is 52.4 Å². The molecule has 0 amide bonds. The lowest BCUT2D eigenvalue weighted by Gasteiger charge is -2.37. The SMILES string of the molecule is CCC1CCC2(CC1)CCN(CC)C2. The summed E-state index contributed by atoms with van der Waals surface area (Å²) in [6.07, 6.45) is 8.94. The van der Waals surface area contributed by atoms with Gasteiger partial charge in [0.2, 0.25) is 0 Å². The van der Waals surface area contributed by atoms with Gasteiger partial charge in [0, 0.05) is 6.54 Å². The van der Waals surface area contributed by atoms with E-state index in [9.17, 15) is 0 Å². The fourth-order valence-electron chi connectivity index (χ4n) is 3.40. The molecule has 1 nitrogen and oxygen atoms in total. The van der Waals surface area contributed by atoms with E-state index in [1.54, 1.807) is 0 Å². The van der Waals surface area contributed by atoms with Crippen LogP contribution in [0, 0.1) is 11.3 Å². The third kappa shape index (κ3) is 1.98. The molecular weight excluding hydrogens is 170 g/mol. The van der Waals surface area contributed by atoms with Crippen molar-refractivity contribution in [1.29, 1.82) is 0 Å². The zero-order chi connectivity index (χ0) is 10.0. The predicted octanol–water partition coefficient (Wildman–Crippen LogP) is 3.30. The molecule has 1 saturated carbocycles. The van der Waals surface area contributed by atoms with Crippen LogP contribution < -0.4 is 0 Å². The minimum absolute atomic E-state index is 0.752. The van der Waals surface area contributed by atoms with Gasteiger partial charge in [-0.1, -0.05) is 20.3 Å². The first-order valence-electron chi connectivity index (χ1n) is 6.50. The van der Waals surface area contributed by atoms with Crippen LogP contribution in [-0.4, -0.2) is 24.5 Å². The molecule has 2 rings (SSSR count). The van der Waals surface area contributed by atoms with E-state index in [4.69, 9.17) is 0 Å². The number of rotatable bonds is 2. The Balaban J connectivity index is 1.87. The first-order chi connectivity index (χ1) is 6.78. The predicted molar refractivity (Wildman–Crippen MR) is 61.4 cm³/mol. The highest BCUT2D eigenvalue weighted by molar-refractivity contribution is 4.92. The molecule has 0 unspecified atom stereocenters. The van der Waals surface area contributed by atoms with Crippen molar-refractivity contribution >= 4 is 0 Å². The summed E-state index contributed by atoms with van der Waals surface area (Å²) in [7, 11) is 0. The molecule has 1 aliphatic heterocycles. The molecule has 0 radical (unpaired) electrons. The molecule has 0 atom stereocenters. The van der Waals surface area contributed by atoms with Crippen LogP contribution in [0.1, 0.15) is 52.4 Å². The van der Waals surface area contributed by atoms with Gasteiger partial charge in [-0.2, -0.15) is 0 Å². The van der Waals surface area contributed by atoms with Gasteiger partial charge in [-0.15, -0.1) is 0 Å². The molecule has 1 saturated heterocycles. The first kappa shape index (κ1) is 10.5. The van der Waals surface area contributed by atoms with E-state index in [1.165, 1.54) is 58.2 Å². The van der Waals surface area contributed by atoms with E-state index < -0.39 is 0 Å². The normalized spacial score (nSPS) is 39.4. The third-order valence-electron chi connectivity index (χ3n) is 4.71. The van der Waals surface area contributed by atoms with Crippen LogP contribution in [0.25, 0.3) is 0 Å². The minimum Gasteiger partial charge on any atom is -0.303 e. The average Bonchev–Trinajstić information content (AvgIpc) is 2.63. The Morgan fingerprint density at radius 1 is 1.14 bits per heavy atom. The van der Waals surface area contributed by atoms with Gasteiger partial charge >= 0.3 is 0 Å². The van der Waals surface area contributed by atoms with Crippen LogP contribution in [0.15, 0.2) is 0 Å². The van der Waals surface area contributed by atoms with E-state index in [-0.39, 0.29) is 0 Å². The molecule has 1 aliphatic carbocycles. The number of hydrogen-bond acceptors (Lipinski definition) is 1. The standard InChI is InChI=1S/C13H25N/c1-3-12-5-7-13(8-6-12)9-10-14(4-2)11-13/h12H,3-11H2,1-2H3. The van der Waals surface area contributed by atoms with Gasteiger partial charge in [0.25, 0.3) is 0 Å². The van der Waals surface area contributed by atoms with Crippen molar-refractivity contribution in [3.8, 4) is 0 Å². The molecule has 0 aromatic carbocycles. The van der Waals surface area contributed by atoms with Crippen LogP contribution in [0.2, 0.25) is 0 Å². The molecule has 14 heavy (non-hydrogen) atoms. The number of likely N-dealkylation sites (tertiary alicyclic amines) is 1. The Morgan fingerprint density at radius 2 is 1.86 bits per heavy atom. The Morgan fingerprint density at radius 3 is 2.36 bits per heavy atom. The number of hydrogen-bond donors (Lipinski definition) is 0. The largest absolute Gasteiger partial charge is 0.303 e. The van der Waals surface area contributed by atoms with Crippen molar-refractivity contribution in [3.63, 3.8) is 0 Å². The smallest absolute Gasteiger partial charge is 0.00383 e. The summed E-state index contributed by atoms with van der Waals surface area (Å²) in [4.78, 5) is 2.65. The minimum atomic E-state index is 0.752. The summed E-state index contributed by atoms with van der Waals surface area (Å²) < 4.78 is 0. The van der Waals surface area contributed by atoms with Crippen molar-refractivity contribution < 1.29 is 0 Å². The van der Waals surface area contributed by atoms with Crippen LogP contribution in [0.3, 0.4) is 0 Å². The van der Waals surface area contributed by atoms with Gasteiger partial charge in [-0.3, -0.25) is 0 Å². The second-order valence-corrected chi connectivity index (χ2v) is 5.47. The fourth-order valence-corrected chi connectivity index (χ4v) is 3.40. The summed E-state index contributed by atoms with van der Waals surface area (Å²) in [6, 6.07) is 0. The summed E-state index contributed by atoms with van der Waals surface area (Å²) >= 11 is 0. The lowest BCUT2D eigenvalue weighted by molar-refractivity contribution is 0.150. The molecule has 2 fully saturated rings. The van der Waals surface area contributed by atoms with Crippen LogP contribution in [0.5, 0.6) is 0 Å². The zero-order valence-electron chi connectivity index (χ0n) is 9.89. The maximum absolute atomic E-state index is 2.65. The highest BCUT2D eigenvalue weighted by Gasteiger charge is 2.39. The van der Waals surface area contributed by atoms with Crippen molar-refractivity contribution in [2.24, 2.45) is 11.3 Å². The van der Waals surface area contributed by atoms with Crippen LogP contribution >= 0.6 is 0 Å². The van der Waals surface area contributed by atoms with E-state index >= 15 is 0 Å². The summed E-state index contributed by atoms with van der Waals surface area (Å²) in [6.45, 7) is 8.69. The summed E-state index contributed by atoms with van der Waals surface area (Å²) in [5.74, 6) is 1.05. The number of nitrogens with zero attached hydrogens (tertiary/aromatic N) is 1. The average molecular weight is 195 g/mol. The lowest BCUT2D eigenvalue weighted by atomic mass is 9.69. The highest BCUT2D eigenvalue weighted by atomic mass is 15.1. The van der Waals surface area contributed by atoms with Crippen LogP contribution in [0.4, 0.5) is 0 Å². The second kappa shape index (κ2) is 4.22. The zero-order valence-corrected chi connectivity index (χ0v) is 9.89. The van der Waals surface area contributed by atoms with Crippen molar-refractivity contribution in [3.05, 3.63) is 0 Å². The Kier molecular flexibility index (Phi) is 3.16. The van der Waals surface area contributed by atoms with Gasteiger partial charge in [-0.25, -0.2) is 0 Å². The molecule has 1 heterocycles. The fraction of sp³-hybridized carbons (Fsp3) is 1.00. The monoisotopic (exact) mass is 195 g/mol. The molecule has 2 aliphatic rings.